The van der Waals surface area contributed by atoms with Crippen molar-refractivity contribution in [2.45, 2.75) is 40.8 Å². The van der Waals surface area contributed by atoms with Crippen LogP contribution >= 0.6 is 11.6 Å². The van der Waals surface area contributed by atoms with E-state index < -0.39 is 0 Å². The molecule has 0 saturated heterocycles. The average molecular weight is 538 g/mol. The van der Waals surface area contributed by atoms with E-state index in [1.807, 2.05) is 53.1 Å². The third-order valence-electron chi connectivity index (χ3n) is 5.57. The first-order chi connectivity index (χ1) is 18.1. The topological polar surface area (TPSA) is 63.1 Å². The van der Waals surface area contributed by atoms with E-state index in [0.29, 0.717) is 10.6 Å². The third kappa shape index (κ3) is 8.82. The Morgan fingerprint density at radius 2 is 1.61 bits per heavy atom. The molecule has 2 N–H and O–H groups in total. The number of anilines is 1. The first kappa shape index (κ1) is 30.7. The molecule has 38 heavy (non-hydrogen) atoms. The summed E-state index contributed by atoms with van der Waals surface area (Å²) in [5.41, 5.74) is 5.92. The van der Waals surface area contributed by atoms with E-state index in [2.05, 4.69) is 46.4 Å². The highest BCUT2D eigenvalue weighted by Gasteiger charge is 2.10. The van der Waals surface area contributed by atoms with Crippen LogP contribution in [-0.4, -0.2) is 31.2 Å². The molecule has 202 valence electrons. The van der Waals surface area contributed by atoms with Gasteiger partial charge < -0.3 is 20.0 Å². The van der Waals surface area contributed by atoms with E-state index in [-0.39, 0.29) is 11.2 Å². The number of halogens is 2. The number of nitrogens with zero attached hydrogens (tertiary/aromatic N) is 1. The van der Waals surface area contributed by atoms with Gasteiger partial charge in [0.05, 0.1) is 5.02 Å². The van der Waals surface area contributed by atoms with E-state index in [4.69, 9.17) is 11.6 Å². The molecule has 0 fully saturated rings. The molecule has 4 aromatic rings. The minimum atomic E-state index is -0.203. The van der Waals surface area contributed by atoms with Crippen molar-refractivity contribution in [2.24, 2.45) is 5.41 Å². The Balaban J connectivity index is 0.000000239. The summed E-state index contributed by atoms with van der Waals surface area (Å²) in [6, 6.07) is 20.6. The van der Waals surface area contributed by atoms with E-state index >= 15 is 0 Å². The number of aromatic nitrogens is 1. The first-order valence-corrected chi connectivity index (χ1v) is 12.9. The van der Waals surface area contributed by atoms with Gasteiger partial charge in [0, 0.05) is 53.4 Å². The molecule has 0 bridgehead atoms. The summed E-state index contributed by atoms with van der Waals surface area (Å²) in [6.07, 6.45) is 1.70. The molecule has 4 rings (SSSR count). The van der Waals surface area contributed by atoms with Gasteiger partial charge in [-0.2, -0.15) is 0 Å². The number of aryl methyl sites for hydroxylation is 1. The molecule has 0 aliphatic rings. The van der Waals surface area contributed by atoms with E-state index in [0.717, 1.165) is 48.2 Å². The van der Waals surface area contributed by atoms with Crippen LogP contribution in [0.5, 0.6) is 0 Å². The van der Waals surface area contributed by atoms with Gasteiger partial charge in [-0.1, -0.05) is 38.4 Å². The number of rotatable bonds is 6. The zero-order valence-electron chi connectivity index (χ0n) is 22.9. The zero-order valence-corrected chi connectivity index (χ0v) is 23.7. The minimum absolute atomic E-state index is 0.139. The normalized spacial score (nSPS) is 10.6. The highest BCUT2D eigenvalue weighted by Crippen LogP contribution is 2.30. The van der Waals surface area contributed by atoms with Gasteiger partial charge in [-0.05, 0) is 85.8 Å². The molecule has 0 unspecified atom stereocenters. The van der Waals surface area contributed by atoms with Crippen LogP contribution in [-0.2, 0) is 17.9 Å². The van der Waals surface area contributed by atoms with Gasteiger partial charge >= 0.3 is 0 Å². The second-order valence-electron chi connectivity index (χ2n) is 9.79. The predicted octanol–water partition coefficient (Wildman–Crippen LogP) is 7.61. The first-order valence-electron chi connectivity index (χ1n) is 12.5. The number of fused-ring (bicyclic) bond motifs is 1. The van der Waals surface area contributed by atoms with E-state index in [1.54, 1.807) is 12.1 Å². The standard InChI is InChI=1S/C17H17FN2.C9H10ClNO.C5H10O/c1-3-20-16-9-8-15(19-2)10-13(16)11-17(20)12-4-6-14(18)7-5-12;1-11-5-7-2-3-9(10)8(4-7)6-12;1-5(2,3)4-6/h4-11,19H,3H2,1-2H3;2-4,6,11H,5H2,1H3;4H,1-3H3. The van der Waals surface area contributed by atoms with E-state index in [9.17, 15) is 14.0 Å². The second-order valence-corrected chi connectivity index (χ2v) is 10.2. The number of aldehydes is 2. The Bertz CT molecular complexity index is 1340. The smallest absolute Gasteiger partial charge is 0.151 e. The molecule has 0 aliphatic heterocycles. The highest BCUT2D eigenvalue weighted by atomic mass is 35.5. The molecule has 5 nitrogen and oxygen atoms in total. The number of hydrogen-bond acceptors (Lipinski definition) is 4. The average Bonchev–Trinajstić information content (AvgIpc) is 3.28. The second kappa shape index (κ2) is 14.5. The molecule has 7 heteroatoms. The molecule has 1 aromatic heterocycles. The Hall–Kier alpha value is -3.48. The van der Waals surface area contributed by atoms with Crippen LogP contribution in [0.2, 0.25) is 5.02 Å². The lowest BCUT2D eigenvalue weighted by Crippen LogP contribution is -2.05. The summed E-state index contributed by atoms with van der Waals surface area (Å²) in [7, 11) is 3.77. The molecular formula is C31H37ClFN3O2. The van der Waals surface area contributed by atoms with Crippen molar-refractivity contribution in [2.75, 3.05) is 19.4 Å². The number of hydrogen-bond donors (Lipinski definition) is 2. The summed E-state index contributed by atoms with van der Waals surface area (Å²) in [6.45, 7) is 9.38. The van der Waals surface area contributed by atoms with Gasteiger partial charge in [0.15, 0.2) is 6.29 Å². The largest absolute Gasteiger partial charge is 0.388 e. The predicted molar refractivity (Wildman–Crippen MR) is 158 cm³/mol. The van der Waals surface area contributed by atoms with Crippen molar-refractivity contribution < 1.29 is 14.0 Å². The summed E-state index contributed by atoms with van der Waals surface area (Å²) in [4.78, 5) is 20.3. The lowest BCUT2D eigenvalue weighted by atomic mass is 10.0. The minimum Gasteiger partial charge on any atom is -0.388 e. The maximum atomic E-state index is 13.1. The zero-order chi connectivity index (χ0) is 28.3. The fraction of sp³-hybridized carbons (Fsp3) is 0.290. The fourth-order valence-corrected chi connectivity index (χ4v) is 3.79. The third-order valence-corrected chi connectivity index (χ3v) is 5.91. The van der Waals surface area contributed by atoms with Gasteiger partial charge in [0.25, 0.3) is 0 Å². The Morgan fingerprint density at radius 1 is 0.947 bits per heavy atom. The maximum absolute atomic E-state index is 13.1. The summed E-state index contributed by atoms with van der Waals surface area (Å²) < 4.78 is 15.3. The van der Waals surface area contributed by atoms with Crippen LogP contribution in [0.1, 0.15) is 43.6 Å². The van der Waals surface area contributed by atoms with Crippen molar-refractivity contribution in [1.29, 1.82) is 0 Å². The van der Waals surface area contributed by atoms with Crippen LogP contribution in [0.15, 0.2) is 66.7 Å². The highest BCUT2D eigenvalue weighted by molar-refractivity contribution is 6.32. The Kier molecular flexibility index (Phi) is 11.7. The van der Waals surface area contributed by atoms with Crippen LogP contribution in [0.4, 0.5) is 10.1 Å². The van der Waals surface area contributed by atoms with Crippen molar-refractivity contribution in [3.8, 4) is 11.3 Å². The molecule has 0 atom stereocenters. The van der Waals surface area contributed by atoms with Gasteiger partial charge in [-0.25, -0.2) is 4.39 Å². The lowest BCUT2D eigenvalue weighted by molar-refractivity contribution is -0.113. The SMILES string of the molecule is CC(C)(C)C=O.CCn1c(-c2ccc(F)cc2)cc2cc(NC)ccc21.CNCc1ccc(Cl)c(C=O)c1. The summed E-state index contributed by atoms with van der Waals surface area (Å²) >= 11 is 5.74. The van der Waals surface area contributed by atoms with E-state index in [1.165, 1.54) is 23.0 Å². The lowest BCUT2D eigenvalue weighted by Gasteiger charge is -2.08. The summed E-state index contributed by atoms with van der Waals surface area (Å²) in [5, 5.41) is 7.85. The monoisotopic (exact) mass is 537 g/mol. The maximum Gasteiger partial charge on any atom is 0.151 e. The number of carbonyl (C=O) groups is 2. The van der Waals surface area contributed by atoms with Crippen molar-refractivity contribution >= 4 is 40.8 Å². The van der Waals surface area contributed by atoms with Crippen molar-refractivity contribution in [3.05, 3.63) is 88.7 Å². The molecule has 1 heterocycles. The van der Waals surface area contributed by atoms with Crippen LogP contribution in [0.25, 0.3) is 22.2 Å². The molecular weight excluding hydrogens is 501 g/mol. The number of nitrogens with one attached hydrogen (secondary N) is 2. The molecule has 3 aromatic carbocycles. The van der Waals surface area contributed by atoms with Crippen LogP contribution in [0, 0.1) is 11.2 Å². The fourth-order valence-electron chi connectivity index (χ4n) is 3.62. The van der Waals surface area contributed by atoms with Gasteiger partial charge in [-0.3, -0.25) is 4.79 Å². The Morgan fingerprint density at radius 3 is 2.13 bits per heavy atom. The number of carbonyl (C=O) groups excluding carboxylic acids is 2. The summed E-state index contributed by atoms with van der Waals surface area (Å²) in [5.74, 6) is -0.203. The quantitative estimate of drug-likeness (QED) is 0.248. The van der Waals surface area contributed by atoms with Crippen molar-refractivity contribution in [1.82, 2.24) is 9.88 Å². The van der Waals surface area contributed by atoms with Gasteiger partial charge in [0.2, 0.25) is 0 Å². The van der Waals surface area contributed by atoms with Gasteiger partial charge in [-0.15, -0.1) is 0 Å². The number of benzene rings is 3. The molecule has 0 aliphatic carbocycles. The Labute approximate surface area is 230 Å². The van der Waals surface area contributed by atoms with Crippen LogP contribution < -0.4 is 10.6 Å². The van der Waals surface area contributed by atoms with Crippen LogP contribution in [0.3, 0.4) is 0 Å². The van der Waals surface area contributed by atoms with Gasteiger partial charge in [0.1, 0.15) is 12.1 Å². The van der Waals surface area contributed by atoms with Crippen molar-refractivity contribution in [3.63, 3.8) is 0 Å². The molecule has 0 spiro atoms. The molecule has 0 radical (unpaired) electrons. The molecule has 0 saturated carbocycles. The molecule has 0 amide bonds.